The van der Waals surface area contributed by atoms with Gasteiger partial charge in [0, 0.05) is 32.6 Å². The maximum atomic E-state index is 11.5. The van der Waals surface area contributed by atoms with E-state index in [9.17, 15) is 14.7 Å². The molecule has 0 amide bonds. The second-order valence-corrected chi connectivity index (χ2v) is 4.93. The van der Waals surface area contributed by atoms with Gasteiger partial charge in [-0.15, -0.1) is 0 Å². The number of hydrogen-bond acceptors (Lipinski definition) is 4. The van der Waals surface area contributed by atoms with Gasteiger partial charge in [-0.05, 0) is 23.8 Å². The van der Waals surface area contributed by atoms with Crippen molar-refractivity contribution in [3.05, 3.63) is 47.2 Å². The third-order valence-electron chi connectivity index (χ3n) is 3.24. The number of hydrogen-bond donors (Lipinski definition) is 1. The van der Waals surface area contributed by atoms with Crippen LogP contribution in [0, 0.1) is 0 Å². The molecule has 0 atom stereocenters. The monoisotopic (exact) mass is 271 g/mol. The van der Waals surface area contributed by atoms with E-state index >= 15 is 0 Å². The molecule has 1 aliphatic carbocycles. The van der Waals surface area contributed by atoms with Gasteiger partial charge in [-0.1, -0.05) is 18.2 Å². The summed E-state index contributed by atoms with van der Waals surface area (Å²) < 4.78 is 0. The van der Waals surface area contributed by atoms with Crippen molar-refractivity contribution >= 4 is 23.3 Å². The van der Waals surface area contributed by atoms with E-state index in [-0.39, 0.29) is 35.7 Å². The van der Waals surface area contributed by atoms with Crippen LogP contribution in [0.5, 0.6) is 0 Å². The Morgan fingerprint density at radius 3 is 2.15 bits per heavy atom. The molecule has 1 fully saturated rings. The Morgan fingerprint density at radius 1 is 1.10 bits per heavy atom. The van der Waals surface area contributed by atoms with Gasteiger partial charge in [-0.25, -0.2) is 0 Å². The smallest absolute Gasteiger partial charge is 0.170 e. The molecule has 0 aliphatic heterocycles. The van der Waals surface area contributed by atoms with Gasteiger partial charge in [0.05, 0.1) is 0 Å². The first-order valence-electron chi connectivity index (χ1n) is 6.44. The fourth-order valence-corrected chi connectivity index (χ4v) is 2.06. The maximum absolute atomic E-state index is 11.5. The van der Waals surface area contributed by atoms with Crippen LogP contribution >= 0.6 is 0 Å². The maximum Gasteiger partial charge on any atom is 0.170 e. The topological polar surface area (TPSA) is 57.6 Å². The molecule has 4 heteroatoms. The molecule has 0 spiro atoms. The number of ketones is 2. The minimum atomic E-state index is -0.278. The molecule has 0 unspecified atom stereocenters. The number of anilines is 1. The third kappa shape index (κ3) is 2.96. The number of benzene rings is 1. The molecular weight excluding hydrogens is 254 g/mol. The zero-order valence-electron chi connectivity index (χ0n) is 11.6. The number of aliphatic hydroxyl groups excluding tert-OH is 1. The number of Topliss-reactive ketones (excluding diaryl/α,β-unsaturated/α-hetero) is 2. The van der Waals surface area contributed by atoms with Crippen LogP contribution < -0.4 is 4.90 Å². The van der Waals surface area contributed by atoms with Gasteiger partial charge in [0.15, 0.2) is 11.6 Å². The minimum absolute atomic E-state index is 0.0637. The Labute approximate surface area is 118 Å². The van der Waals surface area contributed by atoms with E-state index in [0.29, 0.717) is 0 Å². The molecule has 104 valence electrons. The number of nitrogens with zero attached hydrogens (tertiary/aromatic N) is 1. The van der Waals surface area contributed by atoms with E-state index in [1.54, 1.807) is 6.08 Å². The summed E-state index contributed by atoms with van der Waals surface area (Å²) in [5.41, 5.74) is 1.90. The van der Waals surface area contributed by atoms with Crippen LogP contribution in [0.2, 0.25) is 0 Å². The molecule has 0 aromatic heterocycles. The van der Waals surface area contributed by atoms with Crippen molar-refractivity contribution < 1.29 is 14.7 Å². The SMILES string of the molecule is CN(C)c1ccc(/C=C/C(O)=C2C(=O)CCC2=O)cc1. The average Bonchev–Trinajstić information content (AvgIpc) is 2.76. The van der Waals surface area contributed by atoms with Crippen molar-refractivity contribution in [2.75, 3.05) is 19.0 Å². The van der Waals surface area contributed by atoms with Gasteiger partial charge >= 0.3 is 0 Å². The Kier molecular flexibility index (Phi) is 4.03. The molecule has 1 aliphatic rings. The lowest BCUT2D eigenvalue weighted by atomic mass is 10.1. The van der Waals surface area contributed by atoms with Crippen LogP contribution in [-0.4, -0.2) is 30.8 Å². The minimum Gasteiger partial charge on any atom is -0.507 e. The molecule has 0 saturated heterocycles. The first kappa shape index (κ1) is 14.1. The lowest BCUT2D eigenvalue weighted by molar-refractivity contribution is -0.116. The number of rotatable bonds is 3. The highest BCUT2D eigenvalue weighted by Crippen LogP contribution is 2.21. The Balaban J connectivity index is 2.19. The summed E-state index contributed by atoms with van der Waals surface area (Å²) in [6.07, 6.45) is 3.48. The zero-order valence-corrected chi connectivity index (χ0v) is 11.6. The van der Waals surface area contributed by atoms with Crippen LogP contribution in [0.4, 0.5) is 5.69 Å². The zero-order chi connectivity index (χ0) is 14.7. The predicted molar refractivity (Wildman–Crippen MR) is 78.7 cm³/mol. The number of carbonyl (C=O) groups is 2. The molecule has 1 N–H and O–H groups in total. The van der Waals surface area contributed by atoms with Crippen LogP contribution in [0.1, 0.15) is 18.4 Å². The molecule has 0 radical (unpaired) electrons. The summed E-state index contributed by atoms with van der Waals surface area (Å²) in [6, 6.07) is 7.72. The van der Waals surface area contributed by atoms with Crippen LogP contribution in [0.3, 0.4) is 0 Å². The van der Waals surface area contributed by atoms with Gasteiger partial charge in [0.1, 0.15) is 11.3 Å². The Bertz CT molecular complexity index is 577. The number of carbonyl (C=O) groups excluding carboxylic acids is 2. The highest BCUT2D eigenvalue weighted by Gasteiger charge is 2.28. The van der Waals surface area contributed by atoms with E-state index in [1.165, 1.54) is 6.08 Å². The van der Waals surface area contributed by atoms with E-state index in [4.69, 9.17) is 0 Å². The van der Waals surface area contributed by atoms with E-state index in [0.717, 1.165) is 11.3 Å². The highest BCUT2D eigenvalue weighted by atomic mass is 16.3. The molecule has 0 heterocycles. The van der Waals surface area contributed by atoms with Gasteiger partial charge in [-0.2, -0.15) is 0 Å². The summed E-state index contributed by atoms with van der Waals surface area (Å²) >= 11 is 0. The molecular formula is C16H17NO3. The van der Waals surface area contributed by atoms with Crippen molar-refractivity contribution in [3.8, 4) is 0 Å². The fourth-order valence-electron chi connectivity index (χ4n) is 2.06. The first-order valence-corrected chi connectivity index (χ1v) is 6.44. The summed E-state index contributed by atoms with van der Waals surface area (Å²) in [7, 11) is 3.91. The summed E-state index contributed by atoms with van der Waals surface area (Å²) in [4.78, 5) is 24.9. The molecule has 20 heavy (non-hydrogen) atoms. The van der Waals surface area contributed by atoms with Gasteiger partial charge in [0.25, 0.3) is 0 Å². The van der Waals surface area contributed by atoms with Crippen LogP contribution in [0.25, 0.3) is 6.08 Å². The van der Waals surface area contributed by atoms with Gasteiger partial charge in [-0.3, -0.25) is 9.59 Å². The molecule has 1 aromatic carbocycles. The average molecular weight is 271 g/mol. The second-order valence-electron chi connectivity index (χ2n) is 4.93. The quantitative estimate of drug-likeness (QED) is 0.521. The summed E-state index contributed by atoms with van der Waals surface area (Å²) in [5, 5.41) is 9.84. The summed E-state index contributed by atoms with van der Waals surface area (Å²) in [5.74, 6) is -0.797. The molecule has 2 rings (SSSR count). The van der Waals surface area contributed by atoms with Crippen LogP contribution in [-0.2, 0) is 9.59 Å². The first-order chi connectivity index (χ1) is 9.49. The molecule has 0 bridgehead atoms. The lowest BCUT2D eigenvalue weighted by Gasteiger charge is -2.11. The van der Waals surface area contributed by atoms with E-state index < -0.39 is 0 Å². The Hall–Kier alpha value is -2.36. The highest BCUT2D eigenvalue weighted by molar-refractivity contribution is 6.25. The lowest BCUT2D eigenvalue weighted by Crippen LogP contribution is -2.07. The third-order valence-corrected chi connectivity index (χ3v) is 3.24. The Morgan fingerprint density at radius 2 is 1.65 bits per heavy atom. The summed E-state index contributed by atoms with van der Waals surface area (Å²) in [6.45, 7) is 0. The number of allylic oxidation sites excluding steroid dienone is 2. The molecule has 1 aromatic rings. The largest absolute Gasteiger partial charge is 0.507 e. The standard InChI is InChI=1S/C16H17NO3/c1-17(2)12-6-3-11(4-7-12)5-8-13(18)16-14(19)9-10-15(16)20/h3-8,18H,9-10H2,1-2H3/b8-5+. The van der Waals surface area contributed by atoms with Crippen LogP contribution in [0.15, 0.2) is 41.7 Å². The van der Waals surface area contributed by atoms with Crippen molar-refractivity contribution in [1.29, 1.82) is 0 Å². The number of aliphatic hydroxyl groups is 1. The fraction of sp³-hybridized carbons (Fsp3) is 0.250. The van der Waals surface area contributed by atoms with Gasteiger partial charge in [0.2, 0.25) is 0 Å². The predicted octanol–water partition coefficient (Wildman–Crippen LogP) is 2.51. The van der Waals surface area contributed by atoms with Crippen molar-refractivity contribution in [3.63, 3.8) is 0 Å². The second kappa shape index (κ2) is 5.74. The van der Waals surface area contributed by atoms with Gasteiger partial charge < -0.3 is 10.0 Å². The molecule has 4 nitrogen and oxygen atoms in total. The molecule has 1 saturated carbocycles. The van der Waals surface area contributed by atoms with Crippen molar-refractivity contribution in [2.45, 2.75) is 12.8 Å². The normalized spacial score (nSPS) is 15.2. The van der Waals surface area contributed by atoms with Crippen molar-refractivity contribution in [1.82, 2.24) is 0 Å². The van der Waals surface area contributed by atoms with E-state index in [2.05, 4.69) is 0 Å². The van der Waals surface area contributed by atoms with Crippen molar-refractivity contribution in [2.24, 2.45) is 0 Å². The van der Waals surface area contributed by atoms with E-state index in [1.807, 2.05) is 43.3 Å².